The van der Waals surface area contributed by atoms with Gasteiger partial charge in [-0.25, -0.2) is 8.60 Å². The normalized spacial score (nSPS) is 17.1. The molecule has 1 N–H and O–H groups in total. The second kappa shape index (κ2) is 6.30. The largest absolute Gasteiger partial charge is 0.493 e. The van der Waals surface area contributed by atoms with Crippen molar-refractivity contribution < 1.29 is 17.9 Å². The van der Waals surface area contributed by atoms with Crippen molar-refractivity contribution in [2.24, 2.45) is 0 Å². The molecule has 2 atom stereocenters. The molecule has 0 radical (unpaired) electrons. The number of hydrogen-bond donors (Lipinski definition) is 1. The van der Waals surface area contributed by atoms with Crippen LogP contribution in [0.25, 0.3) is 0 Å². The van der Waals surface area contributed by atoms with Crippen molar-refractivity contribution in [2.45, 2.75) is 5.92 Å². The molecule has 112 valence electrons. The Morgan fingerprint density at radius 2 is 1.86 bits per heavy atom. The lowest BCUT2D eigenvalue weighted by atomic mass is 10.0. The fourth-order valence-corrected chi connectivity index (χ4v) is 2.96. The molecule has 0 aliphatic carbocycles. The molecule has 0 spiro atoms. The van der Waals surface area contributed by atoms with Gasteiger partial charge in [-0.2, -0.15) is 0 Å². The number of hydrogen-bond acceptors (Lipinski definition) is 2. The Morgan fingerprint density at radius 3 is 2.59 bits per heavy atom. The quantitative estimate of drug-likeness (QED) is 0.684. The molecule has 0 saturated heterocycles. The summed E-state index contributed by atoms with van der Waals surface area (Å²) < 4.78 is 38.3. The van der Waals surface area contributed by atoms with Gasteiger partial charge in [0.15, 0.2) is 11.1 Å². The molecule has 1 aliphatic rings. The van der Waals surface area contributed by atoms with Crippen LogP contribution < -0.4 is 4.74 Å². The van der Waals surface area contributed by atoms with Gasteiger partial charge in [-0.05, 0) is 36.4 Å². The maximum atomic E-state index is 12.8. The first-order chi connectivity index (χ1) is 10.6. The molecule has 1 aliphatic heterocycles. The zero-order valence-corrected chi connectivity index (χ0v) is 12.4. The van der Waals surface area contributed by atoms with E-state index in [4.69, 9.17) is 9.29 Å². The van der Waals surface area contributed by atoms with Gasteiger partial charge in [-0.3, -0.25) is 0 Å². The van der Waals surface area contributed by atoms with Gasteiger partial charge in [0.25, 0.3) is 0 Å². The molecule has 0 aromatic heterocycles. The van der Waals surface area contributed by atoms with Gasteiger partial charge >= 0.3 is 0 Å². The van der Waals surface area contributed by atoms with Gasteiger partial charge in [0.1, 0.15) is 11.6 Å². The molecule has 2 aromatic carbocycles. The highest BCUT2D eigenvalue weighted by molar-refractivity contribution is 7.79. The summed E-state index contributed by atoms with van der Waals surface area (Å²) in [6.07, 6.45) is 0. The van der Waals surface area contributed by atoms with E-state index in [1.54, 1.807) is 12.1 Å². The lowest BCUT2D eigenvalue weighted by Crippen LogP contribution is -2.10. The minimum Gasteiger partial charge on any atom is -0.493 e. The van der Waals surface area contributed by atoms with E-state index in [0.717, 1.165) is 16.7 Å². The van der Waals surface area contributed by atoms with E-state index in [0.29, 0.717) is 12.4 Å². The number of benzene rings is 2. The molecule has 0 saturated carbocycles. The third-order valence-corrected chi connectivity index (χ3v) is 4.12. The fraction of sp³-hybridized carbons (Fsp3) is 0.176. The van der Waals surface area contributed by atoms with Crippen molar-refractivity contribution in [1.29, 1.82) is 0 Å². The summed E-state index contributed by atoms with van der Waals surface area (Å²) in [4.78, 5) is 0. The monoisotopic (exact) mass is 316 g/mol. The van der Waals surface area contributed by atoms with Crippen LogP contribution >= 0.6 is 0 Å². The third kappa shape index (κ3) is 3.35. The highest BCUT2D eigenvalue weighted by Crippen LogP contribution is 2.34. The molecule has 22 heavy (non-hydrogen) atoms. The molecule has 3 nitrogen and oxygen atoms in total. The molecule has 0 amide bonds. The summed E-state index contributed by atoms with van der Waals surface area (Å²) in [7, 11) is 0. The van der Waals surface area contributed by atoms with Crippen LogP contribution in [-0.2, 0) is 11.1 Å². The Balaban J connectivity index is 1.81. The van der Waals surface area contributed by atoms with Gasteiger partial charge in [0, 0.05) is 22.6 Å². The Morgan fingerprint density at radius 1 is 1.18 bits per heavy atom. The molecular formula is C17H13FO3S. The van der Waals surface area contributed by atoms with Crippen LogP contribution in [0.2, 0.25) is 0 Å². The topological polar surface area (TPSA) is 46.5 Å². The first kappa shape index (κ1) is 14.8. The highest BCUT2D eigenvalue weighted by atomic mass is 32.2. The lowest BCUT2D eigenvalue weighted by molar-refractivity contribution is 0.337. The molecule has 1 heterocycles. The third-order valence-electron chi connectivity index (χ3n) is 3.43. The van der Waals surface area contributed by atoms with Crippen LogP contribution in [0.5, 0.6) is 5.75 Å². The van der Waals surface area contributed by atoms with Crippen LogP contribution in [0.15, 0.2) is 42.5 Å². The number of rotatable bonds is 2. The SMILES string of the molecule is O=S(O)CC1COc2cc(C#Cc3ccc(F)cc3)ccc21. The predicted molar refractivity (Wildman–Crippen MR) is 82.7 cm³/mol. The Hall–Kier alpha value is -2.16. The predicted octanol–water partition coefficient (Wildman–Crippen LogP) is 2.92. The summed E-state index contributed by atoms with van der Waals surface area (Å²) >= 11 is -1.84. The van der Waals surface area contributed by atoms with E-state index < -0.39 is 11.1 Å². The molecule has 0 fully saturated rings. The Kier molecular flexibility index (Phi) is 4.23. The molecular weight excluding hydrogens is 303 g/mol. The van der Waals surface area contributed by atoms with Crippen molar-refractivity contribution in [3.8, 4) is 17.6 Å². The van der Waals surface area contributed by atoms with E-state index in [2.05, 4.69) is 11.8 Å². The summed E-state index contributed by atoms with van der Waals surface area (Å²) in [5, 5.41) is 0. The standard InChI is InChI=1S/C17H13FO3S/c18-15-6-3-12(4-7-15)1-2-13-5-8-16-14(11-22(19)20)10-21-17(16)9-13/h3-9,14H,10-11H2,(H,19,20). The summed E-state index contributed by atoms with van der Waals surface area (Å²) in [6.45, 7) is 0.413. The minimum atomic E-state index is -1.84. The second-order valence-corrected chi connectivity index (χ2v) is 5.98. The van der Waals surface area contributed by atoms with Crippen molar-refractivity contribution >= 4 is 11.1 Å². The summed E-state index contributed by atoms with van der Waals surface area (Å²) in [5.41, 5.74) is 2.46. The lowest BCUT2D eigenvalue weighted by Gasteiger charge is -2.04. The maximum Gasteiger partial charge on any atom is 0.153 e. The van der Waals surface area contributed by atoms with Crippen molar-refractivity contribution in [1.82, 2.24) is 0 Å². The smallest absolute Gasteiger partial charge is 0.153 e. The van der Waals surface area contributed by atoms with E-state index in [1.165, 1.54) is 12.1 Å². The Bertz CT molecular complexity index is 775. The van der Waals surface area contributed by atoms with E-state index >= 15 is 0 Å². The van der Waals surface area contributed by atoms with Gasteiger partial charge < -0.3 is 9.29 Å². The number of halogens is 1. The molecule has 3 rings (SSSR count). The average Bonchev–Trinajstić information content (AvgIpc) is 2.88. The maximum absolute atomic E-state index is 12.8. The summed E-state index contributed by atoms with van der Waals surface area (Å²) in [6, 6.07) is 11.6. The van der Waals surface area contributed by atoms with E-state index in [9.17, 15) is 8.60 Å². The zero-order chi connectivity index (χ0) is 15.5. The molecule has 0 bridgehead atoms. The first-order valence-corrected chi connectivity index (χ1v) is 8.01. The first-order valence-electron chi connectivity index (χ1n) is 6.73. The number of ether oxygens (including phenoxy) is 1. The summed E-state index contributed by atoms with van der Waals surface area (Å²) in [5.74, 6) is 6.51. The highest BCUT2D eigenvalue weighted by Gasteiger charge is 2.25. The van der Waals surface area contributed by atoms with Crippen molar-refractivity contribution in [3.63, 3.8) is 0 Å². The van der Waals surface area contributed by atoms with Gasteiger partial charge in [0.05, 0.1) is 12.4 Å². The van der Waals surface area contributed by atoms with E-state index in [1.807, 2.05) is 18.2 Å². The Labute approximate surface area is 130 Å². The minimum absolute atomic E-state index is 0.0556. The van der Waals surface area contributed by atoms with Crippen LogP contribution in [0, 0.1) is 17.7 Å². The average molecular weight is 316 g/mol. The molecule has 2 unspecified atom stereocenters. The van der Waals surface area contributed by atoms with Crippen LogP contribution in [0.1, 0.15) is 22.6 Å². The molecule has 2 aromatic rings. The van der Waals surface area contributed by atoms with Crippen molar-refractivity contribution in [3.05, 3.63) is 65.0 Å². The fourth-order valence-electron chi connectivity index (χ4n) is 2.34. The molecule has 5 heteroatoms. The van der Waals surface area contributed by atoms with Crippen LogP contribution in [0.3, 0.4) is 0 Å². The van der Waals surface area contributed by atoms with Gasteiger partial charge in [0.2, 0.25) is 0 Å². The van der Waals surface area contributed by atoms with Gasteiger partial charge in [-0.15, -0.1) is 0 Å². The number of fused-ring (bicyclic) bond motifs is 1. The van der Waals surface area contributed by atoms with E-state index in [-0.39, 0.29) is 17.5 Å². The zero-order valence-electron chi connectivity index (χ0n) is 11.6. The second-order valence-electron chi connectivity index (χ2n) is 5.01. The van der Waals surface area contributed by atoms with Crippen LogP contribution in [-0.4, -0.2) is 21.1 Å². The van der Waals surface area contributed by atoms with Gasteiger partial charge in [-0.1, -0.05) is 17.9 Å². The van der Waals surface area contributed by atoms with Crippen LogP contribution in [0.4, 0.5) is 4.39 Å². The van der Waals surface area contributed by atoms with Crippen molar-refractivity contribution in [2.75, 3.05) is 12.4 Å².